The minimum atomic E-state index is 0.586. The molecule has 0 saturated heterocycles. The van der Waals surface area contributed by atoms with Crippen molar-refractivity contribution >= 4 is 0 Å². The molecule has 1 saturated carbocycles. The topological polar surface area (TPSA) is 34.1 Å². The Bertz CT molecular complexity index is 397. The number of rotatable bonds is 6. The van der Waals surface area contributed by atoms with E-state index in [0.717, 1.165) is 18.3 Å². The maximum Gasteiger partial charge on any atom is 0.213 e. The maximum absolute atomic E-state index is 5.50. The van der Waals surface area contributed by atoms with Gasteiger partial charge in [-0.15, -0.1) is 0 Å². The van der Waals surface area contributed by atoms with Crippen LogP contribution in [0, 0.1) is 6.92 Å². The van der Waals surface area contributed by atoms with Gasteiger partial charge in [-0.1, -0.05) is 18.2 Å². The van der Waals surface area contributed by atoms with E-state index in [-0.39, 0.29) is 0 Å². The number of hydrogen-bond donors (Lipinski definition) is 1. The zero-order valence-electron chi connectivity index (χ0n) is 10.6. The molecule has 1 aliphatic carbocycles. The number of nitrogens with one attached hydrogen (secondary N) is 1. The van der Waals surface area contributed by atoms with Crippen LogP contribution in [-0.2, 0) is 6.54 Å². The Hall–Kier alpha value is -1.35. The van der Waals surface area contributed by atoms with Crippen molar-refractivity contribution in [3.05, 3.63) is 35.5 Å². The molecule has 0 aliphatic heterocycles. The van der Waals surface area contributed by atoms with Gasteiger partial charge in [0.05, 0.1) is 0 Å². The van der Waals surface area contributed by atoms with Crippen molar-refractivity contribution in [3.63, 3.8) is 0 Å². The Morgan fingerprint density at radius 3 is 2.94 bits per heavy atom. The molecule has 17 heavy (non-hydrogen) atoms. The molecule has 1 aromatic rings. The van der Waals surface area contributed by atoms with E-state index in [1.807, 2.05) is 32.1 Å². The SMILES string of the molecule is C/C=C/COc1ccc(CNC2CC2)c(C)n1. The first-order valence-electron chi connectivity index (χ1n) is 6.23. The van der Waals surface area contributed by atoms with Crippen molar-refractivity contribution in [3.8, 4) is 5.88 Å². The highest BCUT2D eigenvalue weighted by molar-refractivity contribution is 5.25. The summed E-state index contributed by atoms with van der Waals surface area (Å²) in [6.07, 6.45) is 6.58. The minimum absolute atomic E-state index is 0.586. The number of ether oxygens (including phenoxy) is 1. The third-order valence-corrected chi connectivity index (χ3v) is 2.89. The van der Waals surface area contributed by atoms with Gasteiger partial charge in [0.25, 0.3) is 0 Å². The molecule has 1 aromatic heterocycles. The fraction of sp³-hybridized carbons (Fsp3) is 0.500. The van der Waals surface area contributed by atoms with E-state index in [9.17, 15) is 0 Å². The Morgan fingerprint density at radius 2 is 2.29 bits per heavy atom. The largest absolute Gasteiger partial charge is 0.473 e. The van der Waals surface area contributed by atoms with Crippen molar-refractivity contribution in [1.29, 1.82) is 0 Å². The highest BCUT2D eigenvalue weighted by Gasteiger charge is 2.20. The molecule has 3 nitrogen and oxygen atoms in total. The number of hydrogen-bond acceptors (Lipinski definition) is 3. The lowest BCUT2D eigenvalue weighted by molar-refractivity contribution is 0.347. The monoisotopic (exact) mass is 232 g/mol. The molecule has 0 atom stereocenters. The summed E-state index contributed by atoms with van der Waals surface area (Å²) < 4.78 is 5.50. The van der Waals surface area contributed by atoms with E-state index in [1.54, 1.807) is 0 Å². The maximum atomic E-state index is 5.50. The van der Waals surface area contributed by atoms with Gasteiger partial charge in [-0.2, -0.15) is 0 Å². The molecule has 0 unspecified atom stereocenters. The zero-order chi connectivity index (χ0) is 12.1. The van der Waals surface area contributed by atoms with Crippen LogP contribution in [0.1, 0.15) is 31.0 Å². The highest BCUT2D eigenvalue weighted by atomic mass is 16.5. The molecule has 3 heteroatoms. The summed E-state index contributed by atoms with van der Waals surface area (Å²) in [6.45, 7) is 5.52. The van der Waals surface area contributed by atoms with Crippen LogP contribution in [0.2, 0.25) is 0 Å². The third kappa shape index (κ3) is 3.86. The number of nitrogens with zero attached hydrogens (tertiary/aromatic N) is 1. The van der Waals surface area contributed by atoms with Gasteiger partial charge in [-0.25, -0.2) is 4.98 Å². The van der Waals surface area contributed by atoms with Crippen molar-refractivity contribution in [2.24, 2.45) is 0 Å². The number of pyridine rings is 1. The quantitative estimate of drug-likeness (QED) is 0.765. The highest BCUT2D eigenvalue weighted by Crippen LogP contribution is 2.20. The Labute approximate surface area is 103 Å². The van der Waals surface area contributed by atoms with Crippen molar-refractivity contribution in [2.75, 3.05) is 6.61 Å². The predicted octanol–water partition coefficient (Wildman–Crippen LogP) is 2.60. The molecule has 1 fully saturated rings. The molecule has 0 spiro atoms. The van der Waals surface area contributed by atoms with Gasteiger partial charge in [-0.05, 0) is 32.3 Å². The fourth-order valence-corrected chi connectivity index (χ4v) is 1.61. The molecule has 1 aliphatic rings. The number of allylic oxidation sites excluding steroid dienone is 1. The first kappa shape index (κ1) is 12.1. The van der Waals surface area contributed by atoms with Gasteiger partial charge in [0.1, 0.15) is 6.61 Å². The lowest BCUT2D eigenvalue weighted by Gasteiger charge is -2.08. The predicted molar refractivity (Wildman–Crippen MR) is 69.1 cm³/mol. The minimum Gasteiger partial charge on any atom is -0.473 e. The smallest absolute Gasteiger partial charge is 0.213 e. The van der Waals surface area contributed by atoms with Crippen LogP contribution >= 0.6 is 0 Å². The van der Waals surface area contributed by atoms with Gasteiger partial charge in [0.2, 0.25) is 5.88 Å². The normalized spacial score (nSPS) is 15.4. The van der Waals surface area contributed by atoms with E-state index < -0.39 is 0 Å². The average Bonchev–Trinajstić information content (AvgIpc) is 3.12. The molecular weight excluding hydrogens is 212 g/mol. The first-order valence-corrected chi connectivity index (χ1v) is 6.23. The van der Waals surface area contributed by atoms with Crippen molar-refractivity contribution < 1.29 is 4.74 Å². The first-order chi connectivity index (χ1) is 8.29. The van der Waals surface area contributed by atoms with E-state index in [1.165, 1.54) is 18.4 Å². The second-order valence-electron chi connectivity index (χ2n) is 4.43. The van der Waals surface area contributed by atoms with Gasteiger partial charge in [-0.3, -0.25) is 0 Å². The number of aromatic nitrogens is 1. The molecule has 1 N–H and O–H groups in total. The van der Waals surface area contributed by atoms with Crippen LogP contribution in [0.25, 0.3) is 0 Å². The summed E-state index contributed by atoms with van der Waals surface area (Å²) in [5.41, 5.74) is 2.31. The van der Waals surface area contributed by atoms with E-state index in [0.29, 0.717) is 12.5 Å². The molecular formula is C14H20N2O. The molecule has 0 aromatic carbocycles. The van der Waals surface area contributed by atoms with Crippen LogP contribution in [0.5, 0.6) is 5.88 Å². The van der Waals surface area contributed by atoms with Crippen LogP contribution < -0.4 is 10.1 Å². The summed E-state index contributed by atoms with van der Waals surface area (Å²) in [4.78, 5) is 4.45. The van der Waals surface area contributed by atoms with E-state index in [4.69, 9.17) is 4.74 Å². The van der Waals surface area contributed by atoms with Crippen molar-refractivity contribution in [2.45, 2.75) is 39.3 Å². The Morgan fingerprint density at radius 1 is 1.47 bits per heavy atom. The second kappa shape index (κ2) is 5.82. The molecule has 1 heterocycles. The van der Waals surface area contributed by atoms with Crippen LogP contribution in [0.3, 0.4) is 0 Å². The summed E-state index contributed by atoms with van der Waals surface area (Å²) in [5.74, 6) is 0.704. The van der Waals surface area contributed by atoms with Gasteiger partial charge >= 0.3 is 0 Å². The van der Waals surface area contributed by atoms with Gasteiger partial charge in [0, 0.05) is 24.3 Å². The van der Waals surface area contributed by atoms with Gasteiger partial charge in [0.15, 0.2) is 0 Å². The molecule has 2 rings (SSSR count). The van der Waals surface area contributed by atoms with Gasteiger partial charge < -0.3 is 10.1 Å². The number of aryl methyl sites for hydroxylation is 1. The lowest BCUT2D eigenvalue weighted by atomic mass is 10.2. The Balaban J connectivity index is 1.90. The second-order valence-corrected chi connectivity index (χ2v) is 4.43. The summed E-state index contributed by atoms with van der Waals surface area (Å²) in [7, 11) is 0. The molecule has 0 radical (unpaired) electrons. The molecule has 92 valence electrons. The average molecular weight is 232 g/mol. The summed E-state index contributed by atoms with van der Waals surface area (Å²) in [6, 6.07) is 4.78. The van der Waals surface area contributed by atoms with Crippen LogP contribution in [0.4, 0.5) is 0 Å². The lowest BCUT2D eigenvalue weighted by Crippen LogP contribution is -2.16. The van der Waals surface area contributed by atoms with E-state index >= 15 is 0 Å². The third-order valence-electron chi connectivity index (χ3n) is 2.89. The van der Waals surface area contributed by atoms with Crippen LogP contribution in [0.15, 0.2) is 24.3 Å². The summed E-state index contributed by atoms with van der Waals surface area (Å²) in [5, 5.41) is 3.49. The standard InChI is InChI=1S/C14H20N2O/c1-3-4-9-17-14-8-5-12(11(2)16-14)10-15-13-6-7-13/h3-5,8,13,15H,6-7,9-10H2,1-2H3/b4-3+. The van der Waals surface area contributed by atoms with Crippen molar-refractivity contribution in [1.82, 2.24) is 10.3 Å². The fourth-order valence-electron chi connectivity index (χ4n) is 1.61. The van der Waals surface area contributed by atoms with E-state index in [2.05, 4.69) is 16.4 Å². The molecule has 0 bridgehead atoms. The molecule has 0 amide bonds. The van der Waals surface area contributed by atoms with Crippen LogP contribution in [-0.4, -0.2) is 17.6 Å². The zero-order valence-corrected chi connectivity index (χ0v) is 10.6. The Kier molecular flexibility index (Phi) is 4.15. The summed E-state index contributed by atoms with van der Waals surface area (Å²) >= 11 is 0.